The van der Waals surface area contributed by atoms with Crippen LogP contribution in [0.2, 0.25) is 0 Å². The van der Waals surface area contributed by atoms with Gasteiger partial charge in [-0.3, -0.25) is 0 Å². The lowest BCUT2D eigenvalue weighted by Crippen LogP contribution is -2.51. The van der Waals surface area contributed by atoms with Gasteiger partial charge >= 0.3 is 12.0 Å². The molecule has 2 amide bonds. The first kappa shape index (κ1) is 15.8. The van der Waals surface area contributed by atoms with Crippen LogP contribution in [0.1, 0.15) is 52.9 Å². The van der Waals surface area contributed by atoms with E-state index in [0.29, 0.717) is 0 Å². The van der Waals surface area contributed by atoms with Gasteiger partial charge in [0.05, 0.1) is 0 Å². The lowest BCUT2D eigenvalue weighted by atomic mass is 9.99. The Morgan fingerprint density at radius 1 is 1.21 bits per heavy atom. The van der Waals surface area contributed by atoms with Gasteiger partial charge in [0.2, 0.25) is 0 Å². The molecule has 110 valence electrons. The van der Waals surface area contributed by atoms with E-state index in [1.807, 2.05) is 20.8 Å². The predicted molar refractivity (Wildman–Crippen MR) is 74.0 cm³/mol. The van der Waals surface area contributed by atoms with E-state index in [2.05, 4.69) is 10.6 Å². The van der Waals surface area contributed by atoms with Gasteiger partial charge in [-0.1, -0.05) is 40.0 Å². The van der Waals surface area contributed by atoms with Crippen LogP contribution < -0.4 is 10.6 Å². The highest BCUT2D eigenvalue weighted by molar-refractivity contribution is 5.82. The second kappa shape index (κ2) is 7.36. The Balaban J connectivity index is 2.43. The third-order valence-corrected chi connectivity index (χ3v) is 3.91. The molecule has 0 heterocycles. The summed E-state index contributed by atoms with van der Waals surface area (Å²) in [4.78, 5) is 23.0. The maximum Gasteiger partial charge on any atom is 0.326 e. The zero-order valence-electron chi connectivity index (χ0n) is 12.1. The Morgan fingerprint density at radius 3 is 2.26 bits per heavy atom. The molecule has 3 N–H and O–H groups in total. The first-order chi connectivity index (χ1) is 8.97. The standard InChI is InChI=1S/C14H26N2O3/c1-4-9(3)12(13(17)18)16-14(19)15-11(5-2)8-10-6-7-10/h9-12H,4-8H2,1-3H3,(H,17,18)(H2,15,16,19). The first-order valence-electron chi connectivity index (χ1n) is 7.27. The molecule has 0 radical (unpaired) electrons. The number of carboxylic acid groups (broad SMARTS) is 1. The Bertz CT molecular complexity index is 316. The first-order valence-corrected chi connectivity index (χ1v) is 7.27. The summed E-state index contributed by atoms with van der Waals surface area (Å²) in [5.41, 5.74) is 0. The van der Waals surface area contributed by atoms with Gasteiger partial charge in [0.15, 0.2) is 0 Å². The molecule has 1 rings (SSSR count). The lowest BCUT2D eigenvalue weighted by Gasteiger charge is -2.23. The molecule has 1 fully saturated rings. The van der Waals surface area contributed by atoms with Crippen LogP contribution in [0, 0.1) is 11.8 Å². The van der Waals surface area contributed by atoms with Gasteiger partial charge in [0.25, 0.3) is 0 Å². The molecule has 0 bridgehead atoms. The van der Waals surface area contributed by atoms with Crippen molar-refractivity contribution < 1.29 is 14.7 Å². The van der Waals surface area contributed by atoms with Gasteiger partial charge in [-0.25, -0.2) is 9.59 Å². The van der Waals surface area contributed by atoms with Crippen molar-refractivity contribution >= 4 is 12.0 Å². The van der Waals surface area contributed by atoms with Crippen LogP contribution in [0.25, 0.3) is 0 Å². The fourth-order valence-corrected chi connectivity index (χ4v) is 2.13. The number of aliphatic carboxylic acids is 1. The van der Waals surface area contributed by atoms with E-state index < -0.39 is 12.0 Å². The minimum absolute atomic E-state index is 0.0771. The van der Waals surface area contributed by atoms with Crippen LogP contribution >= 0.6 is 0 Å². The molecular weight excluding hydrogens is 244 g/mol. The Kier molecular flexibility index (Phi) is 6.12. The molecule has 0 aromatic rings. The van der Waals surface area contributed by atoms with Crippen LogP contribution in [0.5, 0.6) is 0 Å². The Hall–Kier alpha value is -1.26. The average Bonchev–Trinajstić information content (AvgIpc) is 3.17. The van der Waals surface area contributed by atoms with Gasteiger partial charge in [-0.05, 0) is 24.7 Å². The molecule has 0 aliphatic heterocycles. The van der Waals surface area contributed by atoms with Crippen LogP contribution in [0.4, 0.5) is 4.79 Å². The minimum Gasteiger partial charge on any atom is -0.480 e. The minimum atomic E-state index is -0.972. The van der Waals surface area contributed by atoms with E-state index >= 15 is 0 Å². The third-order valence-electron chi connectivity index (χ3n) is 3.91. The van der Waals surface area contributed by atoms with E-state index in [0.717, 1.165) is 25.2 Å². The maximum atomic E-state index is 11.9. The lowest BCUT2D eigenvalue weighted by molar-refractivity contribution is -0.140. The van der Waals surface area contributed by atoms with Crippen LogP contribution in [0.15, 0.2) is 0 Å². The normalized spacial score (nSPS) is 19.3. The Morgan fingerprint density at radius 2 is 1.84 bits per heavy atom. The number of carbonyl (C=O) groups is 2. The second-order valence-electron chi connectivity index (χ2n) is 5.60. The molecule has 3 unspecified atom stereocenters. The van der Waals surface area contributed by atoms with Crippen molar-refractivity contribution in [2.45, 2.75) is 65.0 Å². The fraction of sp³-hybridized carbons (Fsp3) is 0.857. The summed E-state index contributed by atoms with van der Waals surface area (Å²) in [6.07, 6.45) is 5.11. The average molecular weight is 270 g/mol. The van der Waals surface area contributed by atoms with Gasteiger partial charge in [-0.15, -0.1) is 0 Å². The van der Waals surface area contributed by atoms with Crippen LogP contribution in [-0.4, -0.2) is 29.2 Å². The summed E-state index contributed by atoms with van der Waals surface area (Å²) in [5.74, 6) is -0.304. The van der Waals surface area contributed by atoms with Gasteiger partial charge in [0, 0.05) is 6.04 Å². The van der Waals surface area contributed by atoms with Crippen LogP contribution in [0.3, 0.4) is 0 Å². The van der Waals surface area contributed by atoms with Crippen molar-refractivity contribution in [1.82, 2.24) is 10.6 Å². The van der Waals surface area contributed by atoms with Gasteiger partial charge in [-0.2, -0.15) is 0 Å². The van der Waals surface area contributed by atoms with Gasteiger partial charge < -0.3 is 15.7 Å². The monoisotopic (exact) mass is 270 g/mol. The molecule has 1 aliphatic rings. The second-order valence-corrected chi connectivity index (χ2v) is 5.60. The van der Waals surface area contributed by atoms with E-state index in [9.17, 15) is 9.59 Å². The van der Waals surface area contributed by atoms with Crippen molar-refractivity contribution in [1.29, 1.82) is 0 Å². The molecule has 1 saturated carbocycles. The fourth-order valence-electron chi connectivity index (χ4n) is 2.13. The number of nitrogens with one attached hydrogen (secondary N) is 2. The predicted octanol–water partition coefficient (Wildman–Crippen LogP) is 2.36. The SMILES string of the molecule is CCC(CC1CC1)NC(=O)NC(C(=O)O)C(C)CC. The molecule has 19 heavy (non-hydrogen) atoms. The van der Waals surface area contributed by atoms with Crippen molar-refractivity contribution in [2.75, 3.05) is 0 Å². The summed E-state index contributed by atoms with van der Waals surface area (Å²) in [7, 11) is 0. The highest BCUT2D eigenvalue weighted by atomic mass is 16.4. The number of carboxylic acids is 1. The number of rotatable bonds is 8. The van der Waals surface area contributed by atoms with E-state index in [-0.39, 0.29) is 18.0 Å². The summed E-state index contributed by atoms with van der Waals surface area (Å²) in [5, 5.41) is 14.6. The molecule has 0 aromatic carbocycles. The zero-order chi connectivity index (χ0) is 14.4. The molecule has 0 aromatic heterocycles. The highest BCUT2D eigenvalue weighted by Gasteiger charge is 2.28. The number of carbonyl (C=O) groups excluding carboxylic acids is 1. The highest BCUT2D eigenvalue weighted by Crippen LogP contribution is 2.33. The third kappa shape index (κ3) is 5.49. The Labute approximate surface area is 115 Å². The molecule has 5 nitrogen and oxygen atoms in total. The molecule has 0 spiro atoms. The quantitative estimate of drug-likeness (QED) is 0.633. The molecule has 3 atom stereocenters. The topological polar surface area (TPSA) is 78.4 Å². The number of hydrogen-bond donors (Lipinski definition) is 3. The summed E-state index contributed by atoms with van der Waals surface area (Å²) < 4.78 is 0. The van der Waals surface area contributed by atoms with Crippen molar-refractivity contribution in [3.63, 3.8) is 0 Å². The summed E-state index contributed by atoms with van der Waals surface area (Å²) in [6.45, 7) is 5.79. The molecule has 0 saturated heterocycles. The van der Waals surface area contributed by atoms with Crippen molar-refractivity contribution in [2.24, 2.45) is 11.8 Å². The van der Waals surface area contributed by atoms with Crippen molar-refractivity contribution in [3.05, 3.63) is 0 Å². The van der Waals surface area contributed by atoms with Crippen molar-refractivity contribution in [3.8, 4) is 0 Å². The molecule has 5 heteroatoms. The smallest absolute Gasteiger partial charge is 0.326 e. The number of amides is 2. The number of urea groups is 1. The summed E-state index contributed by atoms with van der Waals surface area (Å²) >= 11 is 0. The molecule has 1 aliphatic carbocycles. The largest absolute Gasteiger partial charge is 0.480 e. The zero-order valence-corrected chi connectivity index (χ0v) is 12.1. The van der Waals surface area contributed by atoms with E-state index in [1.54, 1.807) is 0 Å². The van der Waals surface area contributed by atoms with E-state index in [4.69, 9.17) is 5.11 Å². The summed E-state index contributed by atoms with van der Waals surface area (Å²) in [6, 6.07) is -1.03. The van der Waals surface area contributed by atoms with E-state index in [1.165, 1.54) is 12.8 Å². The molecular formula is C14H26N2O3. The van der Waals surface area contributed by atoms with Gasteiger partial charge in [0.1, 0.15) is 6.04 Å². The van der Waals surface area contributed by atoms with Crippen LogP contribution in [-0.2, 0) is 4.79 Å². The maximum absolute atomic E-state index is 11.9. The number of hydrogen-bond acceptors (Lipinski definition) is 2.